The van der Waals surface area contributed by atoms with E-state index in [1.807, 2.05) is 0 Å². The summed E-state index contributed by atoms with van der Waals surface area (Å²) in [5.41, 5.74) is 2.44. The molecule has 258 valence electrons. The molecule has 0 atom stereocenters. The van der Waals surface area contributed by atoms with Gasteiger partial charge in [-0.05, 0) is 74.9 Å². The van der Waals surface area contributed by atoms with Crippen LogP contribution in [0.5, 0.6) is 0 Å². The van der Waals surface area contributed by atoms with E-state index < -0.39 is 18.3 Å². The zero-order valence-corrected chi connectivity index (χ0v) is 31.6. The van der Waals surface area contributed by atoms with Gasteiger partial charge in [-0.1, -0.05) is 218 Å². The third kappa shape index (κ3) is 4.93. The third-order valence-electron chi connectivity index (χ3n) is 11.7. The van der Waals surface area contributed by atoms with E-state index in [0.29, 0.717) is 0 Å². The Bertz CT molecular complexity index is 2050. The number of hydrogen-bond acceptors (Lipinski definition) is 0. The molecule has 8 aromatic rings. The van der Waals surface area contributed by atoms with Crippen LogP contribution in [0.15, 0.2) is 270 Å². The Labute approximate surface area is 310 Å². The molecule has 0 fully saturated rings. The van der Waals surface area contributed by atoms with Gasteiger partial charge in [-0.3, -0.25) is 0 Å². The molecule has 0 saturated heterocycles. The summed E-state index contributed by atoms with van der Waals surface area (Å²) < 4.78 is 0. The van der Waals surface area contributed by atoms with E-state index in [1.54, 1.807) is 0 Å². The van der Waals surface area contributed by atoms with Gasteiger partial charge in [0.15, 0.2) is 0 Å². The van der Waals surface area contributed by atoms with Crippen LogP contribution in [-0.2, 0) is 0 Å². The molecule has 0 aliphatic carbocycles. The van der Waals surface area contributed by atoms with E-state index in [4.69, 9.17) is 0 Å². The fourth-order valence-corrected chi connectivity index (χ4v) is 19.6. The first-order chi connectivity index (χ1) is 25.5. The van der Waals surface area contributed by atoms with Crippen LogP contribution in [0.2, 0.25) is 0 Å². The predicted molar refractivity (Wildman–Crippen MR) is 226 cm³/mol. The quantitative estimate of drug-likeness (QED) is 0.137. The minimum Gasteiger partial charge on any atom is -0.202 e. The lowest BCUT2D eigenvalue weighted by Crippen LogP contribution is -2.20. The molecule has 0 nitrogen and oxygen atoms in total. The van der Waals surface area contributed by atoms with E-state index in [0.717, 1.165) is 0 Å². The van der Waals surface area contributed by atoms with E-state index in [-0.39, 0.29) is 0 Å². The van der Waals surface area contributed by atoms with Crippen molar-refractivity contribution in [2.24, 2.45) is 0 Å². The number of hydrogen-bond donors (Lipinski definition) is 2. The zero-order valence-electron chi connectivity index (χ0n) is 29.8. The normalized spacial score (nSPS) is 13.3. The highest BCUT2D eigenvalue weighted by atomic mass is 32.3. The van der Waals surface area contributed by atoms with Gasteiger partial charge in [0.05, 0.1) is 0 Å². The predicted octanol–water partition coefficient (Wildman–Crippen LogP) is 13.8. The molecule has 0 unspecified atom stereocenters. The lowest BCUT2D eigenvalue weighted by molar-refractivity contribution is 1.19. The molecule has 0 aliphatic rings. The van der Waals surface area contributed by atoms with Gasteiger partial charge < -0.3 is 0 Å². The van der Waals surface area contributed by atoms with Crippen molar-refractivity contribution in [1.82, 2.24) is 0 Å². The molecule has 2 heteroatoms. The molecule has 0 spiro atoms. The Morgan fingerprint density at radius 3 is 0.615 bits per heavy atom. The van der Waals surface area contributed by atoms with Crippen LogP contribution >= 0.6 is 18.3 Å². The highest BCUT2D eigenvalue weighted by molar-refractivity contribution is 8.49. The minimum absolute atomic E-state index is 1.22. The van der Waals surface area contributed by atoms with Crippen LogP contribution in [0.25, 0.3) is 11.1 Å². The average molecular weight is 711 g/mol. The molecule has 0 saturated carbocycles. The maximum absolute atomic E-state index is 3.21. The SMILES string of the molecule is C[SH](c1ccccc1)(c1ccccc1)(c1ccccc1)c1cccc(-c2cccc([SH](C)(c3ccccc3)(c3ccccc3)c3ccccc3)c2)c1. The summed E-state index contributed by atoms with van der Waals surface area (Å²) in [6.45, 7) is 0. The van der Waals surface area contributed by atoms with Gasteiger partial charge in [0, 0.05) is 0 Å². The van der Waals surface area contributed by atoms with E-state index in [1.165, 1.54) is 50.3 Å². The molecule has 0 amide bonds. The van der Waals surface area contributed by atoms with Crippen molar-refractivity contribution in [1.29, 1.82) is 0 Å². The molecular weight excluding hydrogens is 665 g/mol. The van der Waals surface area contributed by atoms with Crippen LogP contribution in [0.3, 0.4) is 0 Å². The van der Waals surface area contributed by atoms with Crippen LogP contribution in [0, 0.1) is 0 Å². The van der Waals surface area contributed by atoms with E-state index in [9.17, 15) is 0 Å². The number of thiol groups is 2. The average Bonchev–Trinajstić information content (AvgIpc) is 3.25. The van der Waals surface area contributed by atoms with Crippen molar-refractivity contribution in [2.75, 3.05) is 12.5 Å². The Hall–Kier alpha value is -5.54. The summed E-state index contributed by atoms with van der Waals surface area (Å²) in [6, 6.07) is 86.0. The highest BCUT2D eigenvalue weighted by Gasteiger charge is 2.45. The Balaban J connectivity index is 1.42. The molecule has 8 rings (SSSR count). The highest BCUT2D eigenvalue weighted by Crippen LogP contribution is 2.89. The van der Waals surface area contributed by atoms with Crippen molar-refractivity contribution in [3.63, 3.8) is 0 Å². The summed E-state index contributed by atoms with van der Waals surface area (Å²) >= 11 is 0. The van der Waals surface area contributed by atoms with Crippen LogP contribution in [-0.4, -0.2) is 12.5 Å². The molecule has 0 aliphatic heterocycles. The maximum Gasteiger partial charge on any atom is -0.0135 e. The van der Waals surface area contributed by atoms with Gasteiger partial charge >= 0.3 is 0 Å². The first-order valence-corrected chi connectivity index (χ1v) is 23.4. The molecule has 0 aromatic heterocycles. The third-order valence-corrected chi connectivity index (χ3v) is 24.4. The van der Waals surface area contributed by atoms with Crippen molar-refractivity contribution in [2.45, 2.75) is 39.2 Å². The number of benzene rings is 8. The van der Waals surface area contributed by atoms with Crippen LogP contribution in [0.4, 0.5) is 0 Å². The first kappa shape index (κ1) is 33.6. The monoisotopic (exact) mass is 710 g/mol. The molecule has 0 N–H and O–H groups in total. The Morgan fingerprint density at radius 1 is 0.212 bits per heavy atom. The van der Waals surface area contributed by atoms with Gasteiger partial charge in [-0.25, -0.2) is 18.3 Å². The van der Waals surface area contributed by atoms with Crippen molar-refractivity contribution in [3.8, 4) is 11.1 Å². The van der Waals surface area contributed by atoms with Crippen LogP contribution in [0.1, 0.15) is 0 Å². The lowest BCUT2D eigenvalue weighted by Gasteiger charge is -2.61. The van der Waals surface area contributed by atoms with Gasteiger partial charge in [-0.2, -0.15) is 0 Å². The topological polar surface area (TPSA) is 0 Å². The second-order valence-electron chi connectivity index (χ2n) is 14.2. The lowest BCUT2D eigenvalue weighted by atomic mass is 10.1. The molecule has 52 heavy (non-hydrogen) atoms. The molecule has 0 heterocycles. The fourth-order valence-electron chi connectivity index (χ4n) is 8.66. The molecule has 0 radical (unpaired) electrons. The largest absolute Gasteiger partial charge is 0.202 e. The van der Waals surface area contributed by atoms with Crippen molar-refractivity contribution < 1.29 is 0 Å². The molecule has 0 bridgehead atoms. The second kappa shape index (κ2) is 13.2. The van der Waals surface area contributed by atoms with Gasteiger partial charge in [0.1, 0.15) is 0 Å². The second-order valence-corrected chi connectivity index (χ2v) is 24.6. The summed E-state index contributed by atoms with van der Waals surface area (Å²) in [5, 5.41) is 0. The van der Waals surface area contributed by atoms with E-state index in [2.05, 4.69) is 243 Å². The Morgan fingerprint density at radius 2 is 0.404 bits per heavy atom. The minimum atomic E-state index is -3.21. The fraction of sp³-hybridized carbons (Fsp3) is 0.0400. The summed E-state index contributed by atoms with van der Waals surface area (Å²) in [5.74, 6) is 0. The maximum atomic E-state index is 2.54. The molecular formula is C50H46S2. The van der Waals surface area contributed by atoms with Gasteiger partial charge in [0.2, 0.25) is 0 Å². The first-order valence-electron chi connectivity index (χ1n) is 18.0. The summed E-state index contributed by atoms with van der Waals surface area (Å²) in [4.78, 5) is 10.8. The van der Waals surface area contributed by atoms with Crippen molar-refractivity contribution in [3.05, 3.63) is 231 Å². The Kier molecular flexibility index (Phi) is 8.54. The number of rotatable bonds is 9. The van der Waals surface area contributed by atoms with Gasteiger partial charge in [0.25, 0.3) is 0 Å². The summed E-state index contributed by atoms with van der Waals surface area (Å²) in [6.07, 6.45) is 5.08. The summed E-state index contributed by atoms with van der Waals surface area (Å²) in [7, 11) is -6.43. The standard InChI is InChI=1S/C50H46S2/c1-51(43-25-9-3-10-26-43,44-27-11-4-12-28-44,45-29-13-5-14-30-45)49-37-21-23-41(39-49)42-24-22-38-50(40-42)52(2,46-31-15-6-16-32-46,47-33-17-7-18-34-47)48-35-19-8-20-36-48/h3-40,51-52H,1-2H3. The molecule has 8 aromatic carbocycles. The van der Waals surface area contributed by atoms with Crippen molar-refractivity contribution >= 4 is 18.3 Å². The van der Waals surface area contributed by atoms with E-state index >= 15 is 0 Å². The smallest absolute Gasteiger partial charge is 0.0135 e. The van der Waals surface area contributed by atoms with Crippen LogP contribution < -0.4 is 0 Å². The zero-order chi connectivity index (χ0) is 35.5. The van der Waals surface area contributed by atoms with Gasteiger partial charge in [-0.15, -0.1) is 0 Å².